The van der Waals surface area contributed by atoms with Crippen molar-refractivity contribution in [3.8, 4) is 0 Å². The smallest absolute Gasteiger partial charge is 0.253 e. The van der Waals surface area contributed by atoms with Crippen molar-refractivity contribution in [2.45, 2.75) is 26.2 Å². The number of carbonyl (C=O) groups excluding carboxylic acids is 1. The van der Waals surface area contributed by atoms with Gasteiger partial charge in [0.05, 0.1) is 0 Å². The standard InChI is InChI=1S/C15H22N2O/c1-12-6-3-4-7-13(12)14(18)17(2)11-15(10-16)8-5-9-15/h3-4,6-7H,5,8-11,16H2,1-2H3. The summed E-state index contributed by atoms with van der Waals surface area (Å²) in [6.45, 7) is 3.43. The summed E-state index contributed by atoms with van der Waals surface area (Å²) < 4.78 is 0. The van der Waals surface area contributed by atoms with Gasteiger partial charge in [0.1, 0.15) is 0 Å². The maximum atomic E-state index is 12.4. The molecule has 1 amide bonds. The molecular weight excluding hydrogens is 224 g/mol. The van der Waals surface area contributed by atoms with Crippen molar-refractivity contribution >= 4 is 5.91 Å². The number of benzene rings is 1. The first-order chi connectivity index (χ1) is 8.58. The minimum Gasteiger partial charge on any atom is -0.341 e. The van der Waals surface area contributed by atoms with Gasteiger partial charge in [-0.05, 0) is 37.9 Å². The van der Waals surface area contributed by atoms with E-state index in [9.17, 15) is 4.79 Å². The minimum absolute atomic E-state index is 0.104. The van der Waals surface area contributed by atoms with E-state index in [4.69, 9.17) is 5.73 Å². The van der Waals surface area contributed by atoms with Crippen molar-refractivity contribution in [3.63, 3.8) is 0 Å². The molecule has 0 bridgehead atoms. The van der Waals surface area contributed by atoms with Gasteiger partial charge < -0.3 is 10.6 Å². The predicted molar refractivity (Wildman–Crippen MR) is 73.5 cm³/mol. The summed E-state index contributed by atoms with van der Waals surface area (Å²) in [5.41, 5.74) is 7.85. The fourth-order valence-electron chi connectivity index (χ4n) is 2.70. The van der Waals surface area contributed by atoms with Crippen LogP contribution in [0.1, 0.15) is 35.2 Å². The maximum absolute atomic E-state index is 12.4. The van der Waals surface area contributed by atoms with Crippen LogP contribution in [0.3, 0.4) is 0 Å². The fraction of sp³-hybridized carbons (Fsp3) is 0.533. The molecule has 0 spiro atoms. The lowest BCUT2D eigenvalue weighted by Gasteiger charge is -2.43. The Morgan fingerprint density at radius 1 is 1.39 bits per heavy atom. The molecule has 0 aromatic heterocycles. The van der Waals surface area contributed by atoms with Gasteiger partial charge in [-0.2, -0.15) is 0 Å². The van der Waals surface area contributed by atoms with Crippen molar-refractivity contribution in [1.82, 2.24) is 4.90 Å². The molecule has 98 valence electrons. The molecule has 0 saturated heterocycles. The summed E-state index contributed by atoms with van der Waals surface area (Å²) in [6.07, 6.45) is 3.54. The lowest BCUT2D eigenvalue weighted by atomic mass is 9.68. The topological polar surface area (TPSA) is 46.3 Å². The van der Waals surface area contributed by atoms with Crippen molar-refractivity contribution in [1.29, 1.82) is 0 Å². The van der Waals surface area contributed by atoms with Gasteiger partial charge in [0, 0.05) is 24.6 Å². The Balaban J connectivity index is 2.07. The van der Waals surface area contributed by atoms with Crippen molar-refractivity contribution in [2.24, 2.45) is 11.1 Å². The molecule has 18 heavy (non-hydrogen) atoms. The third kappa shape index (κ3) is 2.41. The van der Waals surface area contributed by atoms with Crippen LogP contribution in [0.2, 0.25) is 0 Å². The maximum Gasteiger partial charge on any atom is 0.253 e. The molecule has 0 atom stereocenters. The molecule has 1 aliphatic rings. The van der Waals surface area contributed by atoms with Gasteiger partial charge in [0.25, 0.3) is 5.91 Å². The van der Waals surface area contributed by atoms with Crippen molar-refractivity contribution in [3.05, 3.63) is 35.4 Å². The highest BCUT2D eigenvalue weighted by Crippen LogP contribution is 2.40. The first-order valence-electron chi connectivity index (χ1n) is 6.59. The Morgan fingerprint density at radius 3 is 2.56 bits per heavy atom. The molecule has 0 unspecified atom stereocenters. The summed E-state index contributed by atoms with van der Waals surface area (Å²) >= 11 is 0. The highest BCUT2D eigenvalue weighted by Gasteiger charge is 2.37. The number of carbonyl (C=O) groups is 1. The van der Waals surface area contributed by atoms with Crippen LogP contribution >= 0.6 is 0 Å². The van der Waals surface area contributed by atoms with Gasteiger partial charge in [0.2, 0.25) is 0 Å². The molecule has 2 N–H and O–H groups in total. The lowest BCUT2D eigenvalue weighted by Crippen LogP contribution is -2.47. The number of hydrogen-bond donors (Lipinski definition) is 1. The van der Waals surface area contributed by atoms with E-state index in [1.54, 1.807) is 0 Å². The van der Waals surface area contributed by atoms with Gasteiger partial charge in [-0.15, -0.1) is 0 Å². The second kappa shape index (κ2) is 5.11. The predicted octanol–water partition coefficient (Wildman–Crippen LogP) is 2.20. The second-order valence-corrected chi connectivity index (χ2v) is 5.53. The Hall–Kier alpha value is -1.35. The minimum atomic E-state index is 0.104. The average Bonchev–Trinajstić information content (AvgIpc) is 2.33. The molecular formula is C15H22N2O. The Bertz CT molecular complexity index is 432. The zero-order chi connectivity index (χ0) is 13.2. The molecule has 3 nitrogen and oxygen atoms in total. The SMILES string of the molecule is Cc1ccccc1C(=O)N(C)CC1(CN)CCC1. The zero-order valence-electron chi connectivity index (χ0n) is 11.3. The van der Waals surface area contributed by atoms with E-state index >= 15 is 0 Å². The van der Waals surface area contributed by atoms with Crippen molar-refractivity contribution < 1.29 is 4.79 Å². The van der Waals surface area contributed by atoms with Crippen LogP contribution in [0.15, 0.2) is 24.3 Å². The number of hydrogen-bond acceptors (Lipinski definition) is 2. The van der Waals surface area contributed by atoms with Crippen LogP contribution in [0.5, 0.6) is 0 Å². The number of amides is 1. The average molecular weight is 246 g/mol. The van der Waals surface area contributed by atoms with Crippen LogP contribution in [0.25, 0.3) is 0 Å². The number of nitrogens with zero attached hydrogens (tertiary/aromatic N) is 1. The Kier molecular flexibility index (Phi) is 3.71. The number of aryl methyl sites for hydroxylation is 1. The summed E-state index contributed by atoms with van der Waals surface area (Å²) in [6, 6.07) is 7.74. The number of nitrogens with two attached hydrogens (primary N) is 1. The Labute approximate surface area is 109 Å². The largest absolute Gasteiger partial charge is 0.341 e. The van der Waals surface area contributed by atoms with Gasteiger partial charge in [-0.25, -0.2) is 0 Å². The molecule has 0 aliphatic heterocycles. The summed E-state index contributed by atoms with van der Waals surface area (Å²) in [7, 11) is 1.88. The number of rotatable bonds is 4. The first-order valence-corrected chi connectivity index (χ1v) is 6.59. The molecule has 0 heterocycles. The highest BCUT2D eigenvalue weighted by molar-refractivity contribution is 5.95. The molecule has 3 heteroatoms. The van der Waals surface area contributed by atoms with Gasteiger partial charge >= 0.3 is 0 Å². The molecule has 2 rings (SSSR count). The van der Waals surface area contributed by atoms with Gasteiger partial charge in [-0.1, -0.05) is 24.6 Å². The van der Waals surface area contributed by atoms with Crippen LogP contribution in [0, 0.1) is 12.3 Å². The van der Waals surface area contributed by atoms with Crippen LogP contribution in [-0.2, 0) is 0 Å². The van der Waals surface area contributed by atoms with E-state index in [2.05, 4.69) is 0 Å². The van der Waals surface area contributed by atoms with Crippen LogP contribution in [0.4, 0.5) is 0 Å². The molecule has 1 aromatic carbocycles. The first kappa shape index (κ1) is 13.1. The zero-order valence-corrected chi connectivity index (χ0v) is 11.3. The third-order valence-corrected chi connectivity index (χ3v) is 4.14. The Morgan fingerprint density at radius 2 is 2.06 bits per heavy atom. The highest BCUT2D eigenvalue weighted by atomic mass is 16.2. The van der Waals surface area contributed by atoms with Crippen LogP contribution < -0.4 is 5.73 Å². The van der Waals surface area contributed by atoms with Crippen molar-refractivity contribution in [2.75, 3.05) is 20.1 Å². The summed E-state index contributed by atoms with van der Waals surface area (Å²) in [4.78, 5) is 14.2. The van der Waals surface area contributed by atoms with E-state index in [0.717, 1.165) is 30.5 Å². The van der Waals surface area contributed by atoms with Gasteiger partial charge in [0.15, 0.2) is 0 Å². The molecule has 0 radical (unpaired) electrons. The normalized spacial score (nSPS) is 17.1. The lowest BCUT2D eigenvalue weighted by molar-refractivity contribution is 0.0568. The van der Waals surface area contributed by atoms with E-state index in [1.807, 2.05) is 43.1 Å². The van der Waals surface area contributed by atoms with Crippen LogP contribution in [-0.4, -0.2) is 30.9 Å². The molecule has 1 aliphatic carbocycles. The molecule has 1 aromatic rings. The van der Waals surface area contributed by atoms with E-state index < -0.39 is 0 Å². The molecule has 1 saturated carbocycles. The summed E-state index contributed by atoms with van der Waals surface area (Å²) in [5, 5.41) is 0. The van der Waals surface area contributed by atoms with E-state index in [0.29, 0.717) is 6.54 Å². The van der Waals surface area contributed by atoms with E-state index in [1.165, 1.54) is 6.42 Å². The van der Waals surface area contributed by atoms with E-state index in [-0.39, 0.29) is 11.3 Å². The quantitative estimate of drug-likeness (QED) is 0.885. The second-order valence-electron chi connectivity index (χ2n) is 5.53. The monoisotopic (exact) mass is 246 g/mol. The summed E-state index contributed by atoms with van der Waals surface area (Å²) in [5.74, 6) is 0.104. The third-order valence-electron chi connectivity index (χ3n) is 4.14. The fourth-order valence-corrected chi connectivity index (χ4v) is 2.70. The van der Waals surface area contributed by atoms with Gasteiger partial charge in [-0.3, -0.25) is 4.79 Å². The molecule has 1 fully saturated rings.